The number of benzene rings is 1. The first-order chi connectivity index (χ1) is 17.9. The summed E-state index contributed by atoms with van der Waals surface area (Å²) in [4.78, 5) is 55.1. The number of aryl methyl sites for hydroxylation is 1. The molecule has 0 aliphatic carbocycles. The summed E-state index contributed by atoms with van der Waals surface area (Å²) >= 11 is 0. The molecule has 186 valence electrons. The number of nitrogens with zero attached hydrogens (tertiary/aromatic N) is 6. The lowest BCUT2D eigenvalue weighted by Crippen LogP contribution is -2.37. The number of rotatable bonds is 5. The number of carboxylic acids is 1. The van der Waals surface area contributed by atoms with Crippen LogP contribution in [-0.2, 0) is 7.05 Å². The number of ketones is 1. The van der Waals surface area contributed by atoms with Gasteiger partial charge in [-0.2, -0.15) is 0 Å². The number of hydrogen-bond acceptors (Lipinski definition) is 7. The van der Waals surface area contributed by atoms with Gasteiger partial charge >= 0.3 is 11.7 Å². The maximum absolute atomic E-state index is 13.4. The van der Waals surface area contributed by atoms with Crippen LogP contribution in [0.3, 0.4) is 0 Å². The van der Waals surface area contributed by atoms with Crippen molar-refractivity contribution < 1.29 is 14.7 Å². The summed E-state index contributed by atoms with van der Waals surface area (Å²) in [6.07, 6.45) is 6.22. The molecule has 1 fully saturated rings. The highest BCUT2D eigenvalue weighted by atomic mass is 16.4. The van der Waals surface area contributed by atoms with Gasteiger partial charge in [-0.05, 0) is 37.1 Å². The van der Waals surface area contributed by atoms with E-state index in [4.69, 9.17) is 0 Å². The molecule has 6 rings (SSSR count). The van der Waals surface area contributed by atoms with Crippen LogP contribution in [0.1, 0.15) is 45.3 Å². The molecule has 0 amide bonds. The van der Waals surface area contributed by atoms with Gasteiger partial charge in [-0.15, -0.1) is 0 Å². The molecule has 1 aromatic carbocycles. The van der Waals surface area contributed by atoms with Gasteiger partial charge in [0.05, 0.1) is 11.1 Å². The number of aromatic amines is 1. The highest BCUT2D eigenvalue weighted by Crippen LogP contribution is 2.28. The fourth-order valence-corrected chi connectivity index (χ4v) is 5.15. The number of imidazole rings is 1. The summed E-state index contributed by atoms with van der Waals surface area (Å²) in [5, 5.41) is 9.96. The van der Waals surface area contributed by atoms with Gasteiger partial charge in [-0.3, -0.25) is 14.3 Å². The van der Waals surface area contributed by atoms with E-state index >= 15 is 0 Å². The van der Waals surface area contributed by atoms with E-state index in [-0.39, 0.29) is 28.8 Å². The summed E-state index contributed by atoms with van der Waals surface area (Å²) in [5.41, 5.74) is 2.75. The minimum absolute atomic E-state index is 0.0380. The van der Waals surface area contributed by atoms with Crippen LogP contribution in [0, 0.1) is 0 Å². The molecule has 0 saturated carbocycles. The Morgan fingerprint density at radius 3 is 2.65 bits per heavy atom. The largest absolute Gasteiger partial charge is 0.478 e. The maximum Gasteiger partial charge on any atom is 0.335 e. The zero-order valence-electron chi connectivity index (χ0n) is 20.0. The lowest BCUT2D eigenvalue weighted by atomic mass is 10.0. The quantitative estimate of drug-likeness (QED) is 0.354. The third kappa shape index (κ3) is 3.84. The zero-order chi connectivity index (χ0) is 25.7. The first-order valence-corrected chi connectivity index (χ1v) is 11.9. The van der Waals surface area contributed by atoms with E-state index in [2.05, 4.69) is 24.8 Å². The number of carboxylic acid groups (broad SMARTS) is 1. The monoisotopic (exact) mass is 497 g/mol. The van der Waals surface area contributed by atoms with E-state index in [0.29, 0.717) is 41.0 Å². The zero-order valence-corrected chi connectivity index (χ0v) is 20.0. The highest BCUT2D eigenvalue weighted by molar-refractivity contribution is 6.16. The molecule has 0 spiro atoms. The number of fused-ring (bicyclic) bond motifs is 2. The lowest BCUT2D eigenvalue weighted by Gasteiger charge is -2.33. The van der Waals surface area contributed by atoms with E-state index in [1.807, 2.05) is 12.1 Å². The number of carbonyl (C=O) groups is 2. The number of anilines is 1. The van der Waals surface area contributed by atoms with Crippen molar-refractivity contribution in [1.82, 2.24) is 29.1 Å². The first kappa shape index (κ1) is 22.7. The Labute approximate surface area is 210 Å². The van der Waals surface area contributed by atoms with Gasteiger partial charge < -0.3 is 14.6 Å². The molecule has 0 atom stereocenters. The SMILES string of the molecule is Cn1cc(C(=O)c2cc(N3CCC(n4c(=O)[nH]c5ncccc54)CC3)ncn2)c2ccc(C(=O)O)cc21. The van der Waals surface area contributed by atoms with Crippen LogP contribution in [-0.4, -0.2) is 59.0 Å². The van der Waals surface area contributed by atoms with Crippen LogP contribution >= 0.6 is 0 Å². The summed E-state index contributed by atoms with van der Waals surface area (Å²) in [6, 6.07) is 10.1. The molecule has 5 heterocycles. The maximum atomic E-state index is 13.4. The topological polar surface area (TPSA) is 139 Å². The molecule has 0 unspecified atom stereocenters. The van der Waals surface area contributed by atoms with Crippen molar-refractivity contribution in [2.75, 3.05) is 18.0 Å². The number of piperidine rings is 1. The van der Waals surface area contributed by atoms with Crippen LogP contribution in [0.5, 0.6) is 0 Å². The minimum atomic E-state index is -1.02. The standard InChI is InChI=1S/C26H23N7O4/c1-31-13-18(17-5-4-15(25(35)36)11-21(17)31)23(34)19-12-22(29-14-28-19)32-9-6-16(7-10-32)33-20-3-2-8-27-24(20)30-26(33)37/h2-5,8,11-14,16H,6-7,9-10H2,1H3,(H,35,36)(H,27,30,37). The molecule has 1 aliphatic heterocycles. The van der Waals surface area contributed by atoms with Gasteiger partial charge in [0.2, 0.25) is 5.78 Å². The number of hydrogen-bond donors (Lipinski definition) is 2. The van der Waals surface area contributed by atoms with E-state index in [9.17, 15) is 19.5 Å². The summed E-state index contributed by atoms with van der Waals surface area (Å²) in [6.45, 7) is 1.34. The normalized spacial score (nSPS) is 14.5. The third-order valence-electron chi connectivity index (χ3n) is 7.01. The van der Waals surface area contributed by atoms with Crippen molar-refractivity contribution in [3.63, 3.8) is 0 Å². The number of nitrogens with one attached hydrogen (secondary N) is 1. The Hall–Kier alpha value is -4.80. The van der Waals surface area contributed by atoms with Crippen LogP contribution in [0.15, 0.2) is 59.9 Å². The lowest BCUT2D eigenvalue weighted by molar-refractivity contribution is 0.0697. The molecule has 1 aliphatic rings. The average molecular weight is 498 g/mol. The number of carbonyl (C=O) groups excluding carboxylic acids is 1. The first-order valence-electron chi connectivity index (χ1n) is 11.9. The average Bonchev–Trinajstić information content (AvgIpc) is 3.44. The Kier molecular flexibility index (Phi) is 5.32. The second-order valence-corrected chi connectivity index (χ2v) is 9.17. The van der Waals surface area contributed by atoms with Crippen LogP contribution in [0.25, 0.3) is 22.1 Å². The third-order valence-corrected chi connectivity index (χ3v) is 7.01. The highest BCUT2D eigenvalue weighted by Gasteiger charge is 2.26. The number of H-pyrrole nitrogens is 1. The molecular weight excluding hydrogens is 474 g/mol. The Bertz CT molecular complexity index is 1740. The number of aromatic nitrogens is 6. The van der Waals surface area contributed by atoms with Gasteiger partial charge in [0.1, 0.15) is 17.8 Å². The second kappa shape index (κ2) is 8.70. The molecule has 1 saturated heterocycles. The van der Waals surface area contributed by atoms with Crippen molar-refractivity contribution in [1.29, 1.82) is 0 Å². The van der Waals surface area contributed by atoms with Crippen LogP contribution in [0.4, 0.5) is 5.82 Å². The van der Waals surface area contributed by atoms with Crippen molar-refractivity contribution in [3.8, 4) is 0 Å². The minimum Gasteiger partial charge on any atom is -0.478 e. The van der Waals surface area contributed by atoms with Crippen LogP contribution in [0.2, 0.25) is 0 Å². The molecule has 37 heavy (non-hydrogen) atoms. The Morgan fingerprint density at radius 2 is 1.86 bits per heavy atom. The van der Waals surface area contributed by atoms with Crippen molar-refractivity contribution in [3.05, 3.63) is 82.4 Å². The van der Waals surface area contributed by atoms with Gasteiger partial charge in [0.15, 0.2) is 5.65 Å². The van der Waals surface area contributed by atoms with E-state index in [1.54, 1.807) is 46.8 Å². The number of pyridine rings is 1. The molecule has 11 heteroatoms. The molecule has 5 aromatic rings. The smallest absolute Gasteiger partial charge is 0.335 e. The predicted octanol–water partition coefficient (Wildman–Crippen LogP) is 2.78. The molecule has 4 aromatic heterocycles. The fraction of sp³-hybridized carbons (Fsp3) is 0.231. The van der Waals surface area contributed by atoms with Gasteiger partial charge in [0.25, 0.3) is 0 Å². The Balaban J connectivity index is 1.24. The van der Waals surface area contributed by atoms with Crippen molar-refractivity contribution >= 4 is 39.6 Å². The van der Waals surface area contributed by atoms with Gasteiger partial charge in [-0.1, -0.05) is 6.07 Å². The molecule has 0 radical (unpaired) electrons. The van der Waals surface area contributed by atoms with Crippen molar-refractivity contribution in [2.24, 2.45) is 7.05 Å². The predicted molar refractivity (Wildman–Crippen MR) is 136 cm³/mol. The van der Waals surface area contributed by atoms with Gasteiger partial charge in [-0.25, -0.2) is 24.5 Å². The molecular formula is C26H23N7O4. The number of aromatic carboxylic acids is 1. The molecule has 2 N–H and O–H groups in total. The van der Waals surface area contributed by atoms with Crippen molar-refractivity contribution in [2.45, 2.75) is 18.9 Å². The molecule has 11 nitrogen and oxygen atoms in total. The van der Waals surface area contributed by atoms with Gasteiger partial charge in [0, 0.05) is 61.1 Å². The molecule has 0 bridgehead atoms. The van der Waals surface area contributed by atoms with E-state index in [1.165, 1.54) is 12.4 Å². The van der Waals surface area contributed by atoms with E-state index < -0.39 is 5.97 Å². The summed E-state index contributed by atoms with van der Waals surface area (Å²) in [7, 11) is 1.77. The summed E-state index contributed by atoms with van der Waals surface area (Å²) in [5.74, 6) is -0.630. The van der Waals surface area contributed by atoms with Crippen LogP contribution < -0.4 is 10.6 Å². The summed E-state index contributed by atoms with van der Waals surface area (Å²) < 4.78 is 3.52. The van der Waals surface area contributed by atoms with E-state index in [0.717, 1.165) is 18.4 Å². The Morgan fingerprint density at radius 1 is 1.05 bits per heavy atom. The second-order valence-electron chi connectivity index (χ2n) is 9.17. The fourth-order valence-electron chi connectivity index (χ4n) is 5.15.